The van der Waals surface area contributed by atoms with Gasteiger partial charge in [0.25, 0.3) is 0 Å². The van der Waals surface area contributed by atoms with Gasteiger partial charge in [0.2, 0.25) is 0 Å². The third kappa shape index (κ3) is 6.10. The molecule has 0 aliphatic rings. The molecule has 0 atom stereocenters. The lowest BCUT2D eigenvalue weighted by atomic mass is 10.2. The summed E-state index contributed by atoms with van der Waals surface area (Å²) in [6, 6.07) is 3.42. The van der Waals surface area contributed by atoms with Crippen molar-refractivity contribution in [3.05, 3.63) is 29.1 Å². The number of hydrogen-bond acceptors (Lipinski definition) is 4. The molecule has 0 radical (unpaired) electrons. The minimum absolute atomic E-state index is 0.266. The van der Waals surface area contributed by atoms with E-state index in [2.05, 4.69) is 10.3 Å². The Morgan fingerprint density at radius 1 is 1.53 bits per heavy atom. The fourth-order valence-corrected chi connectivity index (χ4v) is 1.35. The van der Waals surface area contributed by atoms with Gasteiger partial charge in [-0.2, -0.15) is 0 Å². The van der Waals surface area contributed by atoms with E-state index >= 15 is 0 Å². The van der Waals surface area contributed by atoms with Crippen LogP contribution in [0.5, 0.6) is 0 Å². The SMILES string of the molecule is CC(C)(C)OC(=O)NCC=Cc1ccc(N)c(Cl)n1. The van der Waals surface area contributed by atoms with Crippen molar-refractivity contribution >= 4 is 29.5 Å². The van der Waals surface area contributed by atoms with Gasteiger partial charge in [0, 0.05) is 6.54 Å². The van der Waals surface area contributed by atoms with Crippen LogP contribution >= 0.6 is 11.6 Å². The summed E-state index contributed by atoms with van der Waals surface area (Å²) in [5.74, 6) is 0. The summed E-state index contributed by atoms with van der Waals surface area (Å²) in [4.78, 5) is 15.4. The standard InChI is InChI=1S/C13H18ClN3O2/c1-13(2,3)19-12(18)16-8-4-5-9-6-7-10(15)11(14)17-9/h4-7H,8,15H2,1-3H3,(H,16,18). The first-order chi connectivity index (χ1) is 8.78. The van der Waals surface area contributed by atoms with Gasteiger partial charge in [-0.3, -0.25) is 0 Å². The van der Waals surface area contributed by atoms with Crippen molar-refractivity contribution in [2.75, 3.05) is 12.3 Å². The number of halogens is 1. The second-order valence-corrected chi connectivity index (χ2v) is 5.26. The summed E-state index contributed by atoms with van der Waals surface area (Å²) >= 11 is 5.79. The van der Waals surface area contributed by atoms with Crippen LogP contribution in [0, 0.1) is 0 Å². The van der Waals surface area contributed by atoms with Gasteiger partial charge in [-0.1, -0.05) is 17.7 Å². The number of nitrogens with one attached hydrogen (secondary N) is 1. The lowest BCUT2D eigenvalue weighted by Gasteiger charge is -2.19. The average Bonchev–Trinajstić information content (AvgIpc) is 2.27. The molecule has 1 aromatic rings. The van der Waals surface area contributed by atoms with E-state index in [9.17, 15) is 4.79 Å². The number of amides is 1. The zero-order valence-electron chi connectivity index (χ0n) is 11.2. The van der Waals surface area contributed by atoms with Crippen LogP contribution in [0.2, 0.25) is 5.15 Å². The molecule has 5 nitrogen and oxygen atoms in total. The van der Waals surface area contributed by atoms with Crippen molar-refractivity contribution in [1.29, 1.82) is 0 Å². The molecule has 0 saturated carbocycles. The zero-order valence-corrected chi connectivity index (χ0v) is 12.0. The van der Waals surface area contributed by atoms with Gasteiger partial charge in [-0.25, -0.2) is 9.78 Å². The fourth-order valence-electron chi connectivity index (χ4n) is 1.19. The molecule has 0 saturated heterocycles. The average molecular weight is 284 g/mol. The summed E-state index contributed by atoms with van der Waals surface area (Å²) < 4.78 is 5.09. The molecule has 0 aromatic carbocycles. The maximum atomic E-state index is 11.3. The fraction of sp³-hybridized carbons (Fsp3) is 0.385. The molecule has 0 fully saturated rings. The van der Waals surface area contributed by atoms with Crippen molar-refractivity contribution in [3.63, 3.8) is 0 Å². The lowest BCUT2D eigenvalue weighted by Crippen LogP contribution is -2.32. The molecule has 0 aliphatic carbocycles. The maximum absolute atomic E-state index is 11.3. The third-order valence-electron chi connectivity index (χ3n) is 1.95. The van der Waals surface area contributed by atoms with E-state index < -0.39 is 11.7 Å². The molecular formula is C13H18ClN3O2. The van der Waals surface area contributed by atoms with Crippen molar-refractivity contribution < 1.29 is 9.53 Å². The number of anilines is 1. The largest absolute Gasteiger partial charge is 0.444 e. The Morgan fingerprint density at radius 2 is 2.21 bits per heavy atom. The predicted octanol–water partition coefficient (Wildman–Crippen LogP) is 2.86. The normalized spacial score (nSPS) is 11.6. The molecule has 19 heavy (non-hydrogen) atoms. The van der Waals surface area contributed by atoms with E-state index in [1.807, 2.05) is 20.8 Å². The molecule has 3 N–H and O–H groups in total. The Kier molecular flexibility index (Phi) is 5.18. The summed E-state index contributed by atoms with van der Waals surface area (Å²) in [5.41, 5.74) is 6.16. The van der Waals surface area contributed by atoms with Gasteiger partial charge in [0.15, 0.2) is 5.15 Å². The van der Waals surface area contributed by atoms with Crippen molar-refractivity contribution in [2.24, 2.45) is 0 Å². The monoisotopic (exact) mass is 283 g/mol. The van der Waals surface area contributed by atoms with E-state index in [0.29, 0.717) is 17.9 Å². The topological polar surface area (TPSA) is 77.2 Å². The molecule has 1 amide bonds. The zero-order chi connectivity index (χ0) is 14.5. The molecule has 1 rings (SSSR count). The number of aromatic nitrogens is 1. The van der Waals surface area contributed by atoms with Crippen LogP contribution in [-0.4, -0.2) is 23.2 Å². The Labute approximate surface area is 117 Å². The Balaban J connectivity index is 2.42. The maximum Gasteiger partial charge on any atom is 0.407 e. The summed E-state index contributed by atoms with van der Waals surface area (Å²) in [6.07, 6.45) is 3.03. The highest BCUT2D eigenvalue weighted by atomic mass is 35.5. The van der Waals surface area contributed by atoms with Crippen LogP contribution in [0.15, 0.2) is 18.2 Å². The number of nitrogens with two attached hydrogens (primary N) is 1. The van der Waals surface area contributed by atoms with Crippen molar-refractivity contribution in [1.82, 2.24) is 10.3 Å². The number of carbonyl (C=O) groups excluding carboxylic acids is 1. The van der Waals surface area contributed by atoms with E-state index in [1.165, 1.54) is 0 Å². The highest BCUT2D eigenvalue weighted by Gasteiger charge is 2.14. The number of carbonyl (C=O) groups is 1. The molecule has 104 valence electrons. The first-order valence-corrected chi connectivity index (χ1v) is 6.21. The van der Waals surface area contributed by atoms with Crippen LogP contribution in [0.25, 0.3) is 6.08 Å². The Morgan fingerprint density at radius 3 is 2.79 bits per heavy atom. The molecule has 1 heterocycles. The second-order valence-electron chi connectivity index (χ2n) is 4.90. The second kappa shape index (κ2) is 6.43. The molecule has 0 spiro atoms. The van der Waals surface area contributed by atoms with Gasteiger partial charge in [0.1, 0.15) is 5.60 Å². The number of hydrogen-bond donors (Lipinski definition) is 2. The summed E-state index contributed by atoms with van der Waals surface area (Å²) in [6.45, 7) is 5.77. The Bertz CT molecular complexity index is 481. The summed E-state index contributed by atoms with van der Waals surface area (Å²) in [5, 5.41) is 2.87. The first kappa shape index (κ1) is 15.3. The smallest absolute Gasteiger partial charge is 0.407 e. The molecule has 0 aliphatic heterocycles. The predicted molar refractivity (Wildman–Crippen MR) is 76.9 cm³/mol. The van der Waals surface area contributed by atoms with Crippen LogP contribution in [0.1, 0.15) is 26.5 Å². The number of pyridine rings is 1. The van der Waals surface area contributed by atoms with Crippen LogP contribution in [-0.2, 0) is 4.74 Å². The third-order valence-corrected chi connectivity index (χ3v) is 2.25. The van der Waals surface area contributed by atoms with Gasteiger partial charge in [0.05, 0.1) is 11.4 Å². The van der Waals surface area contributed by atoms with Crippen molar-refractivity contribution in [3.8, 4) is 0 Å². The molecule has 1 aromatic heterocycles. The van der Waals surface area contributed by atoms with Gasteiger partial charge in [-0.15, -0.1) is 0 Å². The summed E-state index contributed by atoms with van der Waals surface area (Å²) in [7, 11) is 0. The van der Waals surface area contributed by atoms with Gasteiger partial charge >= 0.3 is 6.09 Å². The van der Waals surface area contributed by atoms with E-state index in [0.717, 1.165) is 0 Å². The van der Waals surface area contributed by atoms with Gasteiger partial charge < -0.3 is 15.8 Å². The molecule has 0 unspecified atom stereocenters. The number of ether oxygens (including phenoxy) is 1. The first-order valence-electron chi connectivity index (χ1n) is 5.83. The van der Waals surface area contributed by atoms with Crippen molar-refractivity contribution in [2.45, 2.75) is 26.4 Å². The van der Waals surface area contributed by atoms with E-state index in [1.54, 1.807) is 24.3 Å². The number of alkyl carbamates (subject to hydrolysis) is 1. The van der Waals surface area contributed by atoms with Gasteiger partial charge in [-0.05, 0) is 39.0 Å². The number of nitrogens with zero attached hydrogens (tertiary/aromatic N) is 1. The highest BCUT2D eigenvalue weighted by Crippen LogP contribution is 2.15. The minimum Gasteiger partial charge on any atom is -0.444 e. The molecular weight excluding hydrogens is 266 g/mol. The highest BCUT2D eigenvalue weighted by molar-refractivity contribution is 6.31. The molecule has 0 bridgehead atoms. The van der Waals surface area contributed by atoms with E-state index in [4.69, 9.17) is 22.1 Å². The van der Waals surface area contributed by atoms with Crippen LogP contribution in [0.4, 0.5) is 10.5 Å². The molecule has 6 heteroatoms. The van der Waals surface area contributed by atoms with Crippen LogP contribution in [0.3, 0.4) is 0 Å². The van der Waals surface area contributed by atoms with E-state index in [-0.39, 0.29) is 5.15 Å². The van der Waals surface area contributed by atoms with Crippen LogP contribution < -0.4 is 11.1 Å². The quantitative estimate of drug-likeness (QED) is 0.836. The number of rotatable bonds is 3. The Hall–Kier alpha value is -1.75. The minimum atomic E-state index is -0.500. The lowest BCUT2D eigenvalue weighted by molar-refractivity contribution is 0.0534. The number of nitrogen functional groups attached to an aromatic ring is 1.